The quantitative estimate of drug-likeness (QED) is 0.807. The number of carbonyl (C=O) groups excluding carboxylic acids is 1. The molecule has 0 amide bonds. The van der Waals surface area contributed by atoms with Crippen molar-refractivity contribution in [2.45, 2.75) is 6.42 Å². The molecule has 0 fully saturated rings. The third kappa shape index (κ3) is 2.42. The minimum atomic E-state index is 0.0930. The second-order valence-electron chi connectivity index (χ2n) is 4.94. The maximum absolute atomic E-state index is 12.4. The van der Waals surface area contributed by atoms with Gasteiger partial charge in [-0.15, -0.1) is 0 Å². The number of methoxy groups -OCH3 is 2. The van der Waals surface area contributed by atoms with Crippen LogP contribution >= 0.6 is 0 Å². The molecule has 21 heavy (non-hydrogen) atoms. The highest BCUT2D eigenvalue weighted by atomic mass is 16.5. The zero-order valence-electron chi connectivity index (χ0n) is 12.1. The Morgan fingerprint density at radius 3 is 2.57 bits per heavy atom. The van der Waals surface area contributed by atoms with Gasteiger partial charge in [0, 0.05) is 23.1 Å². The van der Waals surface area contributed by atoms with Crippen LogP contribution in [-0.4, -0.2) is 20.0 Å². The highest BCUT2D eigenvalue weighted by Gasteiger charge is 2.24. The lowest BCUT2D eigenvalue weighted by Crippen LogP contribution is -1.96. The van der Waals surface area contributed by atoms with Crippen molar-refractivity contribution < 1.29 is 14.3 Å². The first kappa shape index (κ1) is 13.4. The van der Waals surface area contributed by atoms with Crippen LogP contribution in [0.1, 0.15) is 21.5 Å². The minimum Gasteiger partial charge on any atom is -0.497 e. The van der Waals surface area contributed by atoms with E-state index in [4.69, 9.17) is 9.47 Å². The molecule has 1 aliphatic carbocycles. The fraction of sp³-hybridized carbons (Fsp3) is 0.167. The topological polar surface area (TPSA) is 35.5 Å². The summed E-state index contributed by atoms with van der Waals surface area (Å²) in [6.45, 7) is 0. The normalized spacial score (nSPS) is 15.1. The van der Waals surface area contributed by atoms with E-state index in [9.17, 15) is 4.79 Å². The molecular weight excluding hydrogens is 264 g/mol. The molecule has 0 aliphatic heterocycles. The number of ether oxygens (including phenoxy) is 2. The average Bonchev–Trinajstić information content (AvgIpc) is 2.84. The Hall–Kier alpha value is -2.55. The third-order valence-electron chi connectivity index (χ3n) is 3.70. The van der Waals surface area contributed by atoms with Crippen molar-refractivity contribution in [3.05, 3.63) is 64.7 Å². The summed E-state index contributed by atoms with van der Waals surface area (Å²) < 4.78 is 10.6. The predicted molar refractivity (Wildman–Crippen MR) is 82.0 cm³/mol. The standard InChI is InChI=1S/C18H16O3/c1-20-15-7-8-17(21-2)13(11-15)10-14-9-12-5-3-4-6-16(12)18(14)19/h3-8,10-11H,9H2,1-2H3/b14-10+. The predicted octanol–water partition coefficient (Wildman–Crippen LogP) is 3.53. The van der Waals surface area contributed by atoms with Crippen LogP contribution < -0.4 is 9.47 Å². The number of benzene rings is 2. The van der Waals surface area contributed by atoms with Crippen molar-refractivity contribution >= 4 is 11.9 Å². The smallest absolute Gasteiger partial charge is 0.189 e. The molecule has 2 aromatic carbocycles. The van der Waals surface area contributed by atoms with Crippen molar-refractivity contribution in [1.29, 1.82) is 0 Å². The van der Waals surface area contributed by atoms with Crippen molar-refractivity contribution in [2.24, 2.45) is 0 Å². The van der Waals surface area contributed by atoms with E-state index >= 15 is 0 Å². The maximum atomic E-state index is 12.4. The Kier molecular flexibility index (Phi) is 3.48. The molecule has 0 bridgehead atoms. The average molecular weight is 280 g/mol. The number of Topliss-reactive ketones (excluding diaryl/α,β-unsaturated/α-hetero) is 1. The molecule has 1 aliphatic rings. The molecule has 0 heterocycles. The number of fused-ring (bicyclic) bond motifs is 1. The zero-order chi connectivity index (χ0) is 14.8. The third-order valence-corrected chi connectivity index (χ3v) is 3.70. The van der Waals surface area contributed by atoms with Gasteiger partial charge < -0.3 is 9.47 Å². The molecule has 3 heteroatoms. The fourth-order valence-corrected chi connectivity index (χ4v) is 2.61. The Labute approximate surface area is 123 Å². The number of hydrogen-bond donors (Lipinski definition) is 0. The molecule has 3 nitrogen and oxygen atoms in total. The van der Waals surface area contributed by atoms with Crippen LogP contribution in [0.2, 0.25) is 0 Å². The Balaban J connectivity index is 2.02. The Morgan fingerprint density at radius 1 is 1.05 bits per heavy atom. The highest BCUT2D eigenvalue weighted by molar-refractivity contribution is 6.15. The van der Waals surface area contributed by atoms with Gasteiger partial charge in [-0.1, -0.05) is 24.3 Å². The first-order chi connectivity index (χ1) is 10.2. The molecular formula is C18H16O3. The van der Waals surface area contributed by atoms with Crippen LogP contribution in [0.25, 0.3) is 6.08 Å². The Bertz CT molecular complexity index is 729. The summed E-state index contributed by atoms with van der Waals surface area (Å²) in [5.41, 5.74) is 3.51. The van der Waals surface area contributed by atoms with E-state index in [0.29, 0.717) is 6.42 Å². The van der Waals surface area contributed by atoms with Gasteiger partial charge in [-0.25, -0.2) is 0 Å². The van der Waals surface area contributed by atoms with Crippen LogP contribution in [-0.2, 0) is 6.42 Å². The molecule has 0 aromatic heterocycles. The molecule has 0 unspecified atom stereocenters. The van der Waals surface area contributed by atoms with Gasteiger partial charge in [-0.2, -0.15) is 0 Å². The van der Waals surface area contributed by atoms with Gasteiger partial charge in [0.05, 0.1) is 14.2 Å². The largest absolute Gasteiger partial charge is 0.497 e. The maximum Gasteiger partial charge on any atom is 0.189 e. The molecule has 106 valence electrons. The fourth-order valence-electron chi connectivity index (χ4n) is 2.61. The second kappa shape index (κ2) is 5.44. The number of allylic oxidation sites excluding steroid dienone is 1. The van der Waals surface area contributed by atoms with Gasteiger partial charge in [0.25, 0.3) is 0 Å². The van der Waals surface area contributed by atoms with E-state index < -0.39 is 0 Å². The second-order valence-corrected chi connectivity index (χ2v) is 4.94. The molecule has 0 saturated heterocycles. The summed E-state index contributed by atoms with van der Waals surface area (Å²) in [5, 5.41) is 0. The van der Waals surface area contributed by atoms with Crippen LogP contribution in [0, 0.1) is 0 Å². The van der Waals surface area contributed by atoms with Crippen LogP contribution in [0.5, 0.6) is 11.5 Å². The summed E-state index contributed by atoms with van der Waals surface area (Å²) >= 11 is 0. The van der Waals surface area contributed by atoms with Gasteiger partial charge in [0.1, 0.15) is 11.5 Å². The summed E-state index contributed by atoms with van der Waals surface area (Å²) in [6, 6.07) is 13.3. The lowest BCUT2D eigenvalue weighted by Gasteiger charge is -2.08. The minimum absolute atomic E-state index is 0.0930. The van der Waals surface area contributed by atoms with Gasteiger partial charge >= 0.3 is 0 Å². The van der Waals surface area contributed by atoms with E-state index in [1.54, 1.807) is 14.2 Å². The summed E-state index contributed by atoms with van der Waals surface area (Å²) in [7, 11) is 3.24. The van der Waals surface area contributed by atoms with Crippen molar-refractivity contribution in [3.8, 4) is 11.5 Å². The van der Waals surface area contributed by atoms with Crippen molar-refractivity contribution in [2.75, 3.05) is 14.2 Å². The van der Waals surface area contributed by atoms with E-state index in [2.05, 4.69) is 0 Å². The lowest BCUT2D eigenvalue weighted by molar-refractivity contribution is 0.104. The Morgan fingerprint density at radius 2 is 1.86 bits per heavy atom. The van der Waals surface area contributed by atoms with E-state index in [1.165, 1.54) is 0 Å². The molecule has 3 rings (SSSR count). The molecule has 0 saturated carbocycles. The van der Waals surface area contributed by atoms with Gasteiger partial charge in [0.2, 0.25) is 0 Å². The lowest BCUT2D eigenvalue weighted by atomic mass is 10.1. The molecule has 0 radical (unpaired) electrons. The molecule has 0 spiro atoms. The van der Waals surface area contributed by atoms with Gasteiger partial charge in [-0.05, 0) is 29.8 Å². The van der Waals surface area contributed by atoms with Crippen LogP contribution in [0.3, 0.4) is 0 Å². The molecule has 0 N–H and O–H groups in total. The van der Waals surface area contributed by atoms with Crippen LogP contribution in [0.15, 0.2) is 48.0 Å². The van der Waals surface area contributed by atoms with Gasteiger partial charge in [0.15, 0.2) is 5.78 Å². The highest BCUT2D eigenvalue weighted by Crippen LogP contribution is 2.31. The van der Waals surface area contributed by atoms with E-state index in [0.717, 1.165) is 33.8 Å². The first-order valence-electron chi connectivity index (χ1n) is 6.78. The monoisotopic (exact) mass is 280 g/mol. The number of ketones is 1. The summed E-state index contributed by atoms with van der Waals surface area (Å²) in [4.78, 5) is 12.4. The number of hydrogen-bond acceptors (Lipinski definition) is 3. The molecule has 2 aromatic rings. The SMILES string of the molecule is COc1ccc(OC)c(/C=C2\Cc3ccccc3C2=O)c1. The zero-order valence-corrected chi connectivity index (χ0v) is 12.1. The van der Waals surface area contributed by atoms with E-state index in [1.807, 2.05) is 48.5 Å². The van der Waals surface area contributed by atoms with Crippen molar-refractivity contribution in [1.82, 2.24) is 0 Å². The number of rotatable bonds is 3. The molecule has 0 atom stereocenters. The summed E-state index contributed by atoms with van der Waals surface area (Å²) in [5.74, 6) is 1.56. The van der Waals surface area contributed by atoms with Crippen molar-refractivity contribution in [3.63, 3.8) is 0 Å². The number of carbonyl (C=O) groups is 1. The first-order valence-corrected chi connectivity index (χ1v) is 6.78. The van der Waals surface area contributed by atoms with Gasteiger partial charge in [-0.3, -0.25) is 4.79 Å². The van der Waals surface area contributed by atoms with Crippen LogP contribution in [0.4, 0.5) is 0 Å². The summed E-state index contributed by atoms with van der Waals surface area (Å²) in [6.07, 6.45) is 2.55. The van der Waals surface area contributed by atoms with E-state index in [-0.39, 0.29) is 5.78 Å².